The third-order valence-electron chi connectivity index (χ3n) is 7.38. The molecular formula is C23H23F6N9O. The highest BCUT2D eigenvalue weighted by Gasteiger charge is 2.58. The van der Waals surface area contributed by atoms with Crippen LogP contribution in [0.1, 0.15) is 19.3 Å². The molecule has 1 aliphatic heterocycles. The number of hydrogen-bond donors (Lipinski definition) is 2. The Kier molecular flexibility index (Phi) is 6.65. The molecule has 2 fully saturated rings. The fourth-order valence-electron chi connectivity index (χ4n) is 5.30. The molecule has 4 heterocycles. The molecule has 2 amide bonds. The first-order valence-electron chi connectivity index (χ1n) is 12.0. The summed E-state index contributed by atoms with van der Waals surface area (Å²) in [4.78, 5) is 26.7. The van der Waals surface area contributed by atoms with Crippen molar-refractivity contribution < 1.29 is 31.1 Å². The molecule has 39 heavy (non-hydrogen) atoms. The molecule has 3 aromatic heterocycles. The largest absolute Gasteiger partial charge is 0.417 e. The number of amides is 2. The summed E-state index contributed by atoms with van der Waals surface area (Å²) in [6.07, 6.45) is -3.25. The number of carbonyl (C=O) groups excluding carboxylic acids is 1. The second-order valence-corrected chi connectivity index (χ2v) is 9.75. The molecule has 0 radical (unpaired) electrons. The van der Waals surface area contributed by atoms with Crippen molar-refractivity contribution in [3.63, 3.8) is 0 Å². The summed E-state index contributed by atoms with van der Waals surface area (Å²) in [6, 6.07) is -1.24. The fourth-order valence-corrected chi connectivity index (χ4v) is 5.30. The highest BCUT2D eigenvalue weighted by molar-refractivity contribution is 5.90. The summed E-state index contributed by atoms with van der Waals surface area (Å²) >= 11 is 0. The van der Waals surface area contributed by atoms with Gasteiger partial charge in [0.05, 0.1) is 29.9 Å². The number of carbonyl (C=O) groups is 1. The van der Waals surface area contributed by atoms with Crippen molar-refractivity contribution >= 4 is 17.1 Å². The Morgan fingerprint density at radius 1 is 1.15 bits per heavy atom. The average Bonchev–Trinajstić information content (AvgIpc) is 3.53. The minimum absolute atomic E-state index is 0.0183. The van der Waals surface area contributed by atoms with E-state index in [1.807, 2.05) is 17.2 Å². The van der Waals surface area contributed by atoms with Crippen molar-refractivity contribution in [2.45, 2.75) is 49.2 Å². The molecule has 0 spiro atoms. The van der Waals surface area contributed by atoms with Crippen LogP contribution in [0, 0.1) is 11.3 Å². The van der Waals surface area contributed by atoms with Crippen LogP contribution in [0.5, 0.6) is 0 Å². The first kappa shape index (κ1) is 26.7. The monoisotopic (exact) mass is 555 g/mol. The van der Waals surface area contributed by atoms with Crippen LogP contribution in [0.15, 0.2) is 31.0 Å². The number of fused-ring (bicyclic) bond motifs is 1. The van der Waals surface area contributed by atoms with Gasteiger partial charge in [0.15, 0.2) is 0 Å². The van der Waals surface area contributed by atoms with Crippen molar-refractivity contribution in [1.29, 1.82) is 5.26 Å². The number of aromatic nitrogens is 5. The average molecular weight is 555 g/mol. The summed E-state index contributed by atoms with van der Waals surface area (Å²) in [6.45, 7) is 0.505. The first-order valence-corrected chi connectivity index (χ1v) is 12.0. The number of hydrogen-bond acceptors (Lipinski definition) is 6. The van der Waals surface area contributed by atoms with Gasteiger partial charge in [0.1, 0.15) is 12.0 Å². The summed E-state index contributed by atoms with van der Waals surface area (Å²) in [5, 5.41) is 15.9. The Morgan fingerprint density at radius 3 is 2.49 bits per heavy atom. The number of halogens is 6. The van der Waals surface area contributed by atoms with Gasteiger partial charge in [0.25, 0.3) is 0 Å². The van der Waals surface area contributed by atoms with Crippen molar-refractivity contribution in [3.8, 4) is 17.3 Å². The summed E-state index contributed by atoms with van der Waals surface area (Å²) in [5.41, 5.74) is 1.58. The molecule has 0 unspecified atom stereocenters. The normalized spacial score (nSPS) is 22.6. The van der Waals surface area contributed by atoms with E-state index in [-0.39, 0.29) is 38.6 Å². The zero-order chi connectivity index (χ0) is 28.0. The van der Waals surface area contributed by atoms with E-state index in [0.717, 1.165) is 21.2 Å². The Bertz CT molecular complexity index is 1360. The molecule has 0 bridgehead atoms. The molecule has 1 saturated heterocycles. The molecule has 1 saturated carbocycles. The van der Waals surface area contributed by atoms with E-state index >= 15 is 0 Å². The minimum Gasteiger partial charge on any atom is -0.346 e. The predicted octanol–water partition coefficient (Wildman–Crippen LogP) is 3.41. The Hall–Kier alpha value is -3.87. The third kappa shape index (κ3) is 5.10. The van der Waals surface area contributed by atoms with Crippen LogP contribution in [-0.4, -0.2) is 91.2 Å². The van der Waals surface area contributed by atoms with Crippen molar-refractivity contribution in [3.05, 3.63) is 31.0 Å². The van der Waals surface area contributed by atoms with Crippen molar-refractivity contribution in [1.82, 2.24) is 39.8 Å². The van der Waals surface area contributed by atoms with E-state index in [9.17, 15) is 36.4 Å². The number of alkyl halides is 6. The number of H-pyrrole nitrogens is 1. The van der Waals surface area contributed by atoms with E-state index in [4.69, 9.17) is 0 Å². The van der Waals surface area contributed by atoms with E-state index < -0.39 is 30.0 Å². The molecule has 5 rings (SSSR count). The summed E-state index contributed by atoms with van der Waals surface area (Å²) in [7, 11) is 0. The number of piperazine rings is 1. The molecule has 3 aromatic rings. The molecule has 208 valence electrons. The minimum atomic E-state index is -5.65. The van der Waals surface area contributed by atoms with Gasteiger partial charge in [-0.15, -0.1) is 0 Å². The fraction of sp³-hybridized carbons (Fsp3) is 0.522. The number of nitrogens with one attached hydrogen (secondary N) is 2. The molecule has 10 nitrogen and oxygen atoms in total. The van der Waals surface area contributed by atoms with E-state index in [2.05, 4.69) is 26.1 Å². The second-order valence-electron chi connectivity index (χ2n) is 9.75. The SMILES string of the molecule is N#CCC1(n2cc(-c3ncnc4[nH]ccc34)cn2)CC(N2CCN(C(=O)NC(C(F)(F)F)C(F)(F)F)CC2)C1. The van der Waals surface area contributed by atoms with Crippen LogP contribution in [0.25, 0.3) is 22.3 Å². The van der Waals surface area contributed by atoms with Crippen LogP contribution in [-0.2, 0) is 5.54 Å². The van der Waals surface area contributed by atoms with Gasteiger partial charge in [0.2, 0.25) is 6.04 Å². The predicted molar refractivity (Wildman–Crippen MR) is 124 cm³/mol. The Balaban J connectivity index is 1.21. The van der Waals surface area contributed by atoms with Crippen LogP contribution in [0.3, 0.4) is 0 Å². The zero-order valence-corrected chi connectivity index (χ0v) is 20.3. The summed E-state index contributed by atoms with van der Waals surface area (Å²) < 4.78 is 78.5. The van der Waals surface area contributed by atoms with Crippen molar-refractivity contribution in [2.24, 2.45) is 0 Å². The lowest BCUT2D eigenvalue weighted by Gasteiger charge is -2.52. The van der Waals surface area contributed by atoms with Gasteiger partial charge in [0, 0.05) is 55.6 Å². The van der Waals surface area contributed by atoms with Gasteiger partial charge < -0.3 is 15.2 Å². The third-order valence-corrected chi connectivity index (χ3v) is 7.38. The molecule has 2 aliphatic rings. The maximum atomic E-state index is 12.8. The van der Waals surface area contributed by atoms with Gasteiger partial charge in [-0.25, -0.2) is 14.8 Å². The highest BCUT2D eigenvalue weighted by atomic mass is 19.4. The maximum Gasteiger partial charge on any atom is 0.417 e. The zero-order valence-electron chi connectivity index (χ0n) is 20.3. The first-order chi connectivity index (χ1) is 18.4. The molecule has 0 atom stereocenters. The van der Waals surface area contributed by atoms with Crippen molar-refractivity contribution in [2.75, 3.05) is 26.2 Å². The second kappa shape index (κ2) is 9.70. The number of nitrogens with zero attached hydrogens (tertiary/aromatic N) is 7. The lowest BCUT2D eigenvalue weighted by atomic mass is 9.70. The molecular weight excluding hydrogens is 532 g/mol. The molecule has 1 aliphatic carbocycles. The number of nitriles is 1. The van der Waals surface area contributed by atoms with Gasteiger partial charge in [-0.05, 0) is 18.9 Å². The lowest BCUT2D eigenvalue weighted by Crippen LogP contribution is -2.63. The van der Waals surface area contributed by atoms with Crippen LogP contribution >= 0.6 is 0 Å². The van der Waals surface area contributed by atoms with Gasteiger partial charge in [-0.2, -0.15) is 36.7 Å². The Morgan fingerprint density at radius 2 is 1.85 bits per heavy atom. The van der Waals surface area contributed by atoms with Crippen LogP contribution in [0.4, 0.5) is 31.1 Å². The van der Waals surface area contributed by atoms with E-state index in [1.54, 1.807) is 17.1 Å². The number of urea groups is 1. The van der Waals surface area contributed by atoms with E-state index in [1.165, 1.54) is 6.33 Å². The lowest BCUT2D eigenvalue weighted by molar-refractivity contribution is -0.255. The molecule has 2 N–H and O–H groups in total. The topological polar surface area (TPSA) is 119 Å². The standard InChI is InChI=1S/C23H23F6N9O/c24-22(25,26)19(23(27,28)29)35-20(39)37-7-5-36(6-8-37)15-9-21(10-15,2-3-30)38-12-14(11-34-38)17-16-1-4-31-18(16)33-13-32-17/h1,4,11-13,15,19H,2,5-10H2,(H,35,39)(H,31,32,33). The molecule has 16 heteroatoms. The van der Waals surface area contributed by atoms with Crippen LogP contribution < -0.4 is 5.32 Å². The Labute approximate surface area is 217 Å². The number of rotatable bonds is 5. The smallest absolute Gasteiger partial charge is 0.346 e. The summed E-state index contributed by atoms with van der Waals surface area (Å²) in [5.74, 6) is 0. The van der Waals surface area contributed by atoms with Gasteiger partial charge in [-0.3, -0.25) is 9.58 Å². The van der Waals surface area contributed by atoms with E-state index in [0.29, 0.717) is 24.2 Å². The van der Waals surface area contributed by atoms with Gasteiger partial charge >= 0.3 is 18.4 Å². The van der Waals surface area contributed by atoms with Crippen LogP contribution in [0.2, 0.25) is 0 Å². The highest BCUT2D eigenvalue weighted by Crippen LogP contribution is 2.45. The molecule has 0 aromatic carbocycles. The van der Waals surface area contributed by atoms with Gasteiger partial charge in [-0.1, -0.05) is 0 Å². The quantitative estimate of drug-likeness (QED) is 0.466. The maximum absolute atomic E-state index is 12.8. The number of aromatic amines is 1.